The molecule has 1 N–H and O–H groups in total. The van der Waals surface area contributed by atoms with Gasteiger partial charge in [0.2, 0.25) is 0 Å². The van der Waals surface area contributed by atoms with Crippen molar-refractivity contribution < 1.29 is 0 Å². The first-order valence-corrected chi connectivity index (χ1v) is 4.53. The number of hydrogen-bond acceptors (Lipinski definition) is 1. The van der Waals surface area contributed by atoms with Crippen LogP contribution in [0, 0.1) is 13.8 Å². The fourth-order valence-electron chi connectivity index (χ4n) is 1.37. The molecule has 12 heavy (non-hydrogen) atoms. The minimum atomic E-state index is 0.812. The van der Waals surface area contributed by atoms with Gasteiger partial charge in [-0.15, -0.1) is 0 Å². The summed E-state index contributed by atoms with van der Waals surface area (Å²) in [6, 6.07) is 3.96. The summed E-state index contributed by atoms with van der Waals surface area (Å²) in [4.78, 5) is 0. The predicted molar refractivity (Wildman–Crippen MR) is 55.1 cm³/mol. The molecule has 0 aromatic heterocycles. The van der Waals surface area contributed by atoms with E-state index in [1.807, 2.05) is 12.1 Å². The summed E-state index contributed by atoms with van der Waals surface area (Å²) in [5.74, 6) is 0. The Morgan fingerprint density at radius 3 is 2.17 bits per heavy atom. The van der Waals surface area contributed by atoms with Crippen molar-refractivity contribution in [2.45, 2.75) is 20.8 Å². The van der Waals surface area contributed by atoms with Crippen molar-refractivity contribution in [1.82, 2.24) is 0 Å². The summed E-state index contributed by atoms with van der Waals surface area (Å²) >= 11 is 5.89. The van der Waals surface area contributed by atoms with Crippen molar-refractivity contribution in [2.75, 3.05) is 11.9 Å². The molecular weight excluding hydrogens is 170 g/mol. The van der Waals surface area contributed by atoms with Crippen LogP contribution >= 0.6 is 11.6 Å². The standard InChI is InChI=1S/C10H14ClN/c1-4-12-10-7(2)5-9(11)6-8(10)3/h5-6,12H,4H2,1-3H3. The Balaban J connectivity index is 3.10. The molecule has 0 saturated carbocycles. The molecule has 1 aromatic rings. The molecule has 66 valence electrons. The van der Waals surface area contributed by atoms with Gasteiger partial charge in [-0.2, -0.15) is 0 Å². The topological polar surface area (TPSA) is 12.0 Å². The van der Waals surface area contributed by atoms with Crippen molar-refractivity contribution in [2.24, 2.45) is 0 Å². The molecule has 0 saturated heterocycles. The Bertz CT molecular complexity index is 258. The van der Waals surface area contributed by atoms with E-state index in [9.17, 15) is 0 Å². The fraction of sp³-hybridized carbons (Fsp3) is 0.400. The molecule has 0 aliphatic heterocycles. The quantitative estimate of drug-likeness (QED) is 0.741. The maximum atomic E-state index is 5.89. The molecule has 0 unspecified atom stereocenters. The van der Waals surface area contributed by atoms with Gasteiger partial charge in [0, 0.05) is 17.3 Å². The van der Waals surface area contributed by atoms with Crippen molar-refractivity contribution in [3.8, 4) is 0 Å². The van der Waals surface area contributed by atoms with Gasteiger partial charge < -0.3 is 5.32 Å². The van der Waals surface area contributed by atoms with Gasteiger partial charge in [-0.3, -0.25) is 0 Å². The van der Waals surface area contributed by atoms with Gasteiger partial charge in [0.1, 0.15) is 0 Å². The van der Waals surface area contributed by atoms with Crippen LogP contribution in [0.5, 0.6) is 0 Å². The lowest BCUT2D eigenvalue weighted by molar-refractivity contribution is 1.18. The van der Waals surface area contributed by atoms with Crippen LogP contribution < -0.4 is 5.32 Å². The second-order valence-corrected chi connectivity index (χ2v) is 3.38. The maximum Gasteiger partial charge on any atom is 0.0412 e. The minimum absolute atomic E-state index is 0.812. The van der Waals surface area contributed by atoms with E-state index in [1.54, 1.807) is 0 Å². The highest BCUT2D eigenvalue weighted by molar-refractivity contribution is 6.30. The molecular formula is C10H14ClN. The van der Waals surface area contributed by atoms with Gasteiger partial charge in [0.15, 0.2) is 0 Å². The van der Waals surface area contributed by atoms with Crippen LogP contribution in [0.4, 0.5) is 5.69 Å². The van der Waals surface area contributed by atoms with E-state index >= 15 is 0 Å². The third-order valence-corrected chi connectivity index (χ3v) is 2.07. The first-order valence-electron chi connectivity index (χ1n) is 4.15. The predicted octanol–water partition coefficient (Wildman–Crippen LogP) is 3.39. The number of anilines is 1. The van der Waals surface area contributed by atoms with E-state index in [-0.39, 0.29) is 0 Å². The first-order chi connectivity index (χ1) is 5.65. The summed E-state index contributed by atoms with van der Waals surface area (Å²) in [5, 5.41) is 4.12. The number of rotatable bonds is 2. The highest BCUT2D eigenvalue weighted by Crippen LogP contribution is 2.24. The molecule has 0 aliphatic carbocycles. The van der Waals surface area contributed by atoms with Crippen LogP contribution in [0.25, 0.3) is 0 Å². The Morgan fingerprint density at radius 1 is 1.25 bits per heavy atom. The SMILES string of the molecule is CCNc1c(C)cc(Cl)cc1C. The summed E-state index contributed by atoms with van der Waals surface area (Å²) in [5.41, 5.74) is 3.63. The zero-order valence-corrected chi connectivity index (χ0v) is 8.50. The van der Waals surface area contributed by atoms with Crippen LogP contribution in [0.15, 0.2) is 12.1 Å². The molecule has 2 heteroatoms. The molecule has 1 nitrogen and oxygen atoms in total. The second-order valence-electron chi connectivity index (χ2n) is 2.94. The molecule has 0 aliphatic rings. The Labute approximate surface area is 78.7 Å². The van der Waals surface area contributed by atoms with Gasteiger partial charge in [-0.1, -0.05) is 11.6 Å². The molecule has 0 spiro atoms. The van der Waals surface area contributed by atoms with Crippen LogP contribution in [0.3, 0.4) is 0 Å². The van der Waals surface area contributed by atoms with Gasteiger partial charge >= 0.3 is 0 Å². The number of nitrogens with one attached hydrogen (secondary N) is 1. The molecule has 0 radical (unpaired) electrons. The van der Waals surface area contributed by atoms with E-state index in [0.29, 0.717) is 0 Å². The average molecular weight is 184 g/mol. The zero-order chi connectivity index (χ0) is 9.14. The highest BCUT2D eigenvalue weighted by Gasteiger charge is 2.01. The minimum Gasteiger partial charge on any atom is -0.385 e. The van der Waals surface area contributed by atoms with Gasteiger partial charge in [0.25, 0.3) is 0 Å². The van der Waals surface area contributed by atoms with E-state index in [2.05, 4.69) is 26.1 Å². The fourth-order valence-corrected chi connectivity index (χ4v) is 1.69. The molecule has 1 aromatic carbocycles. The summed E-state index contributed by atoms with van der Waals surface area (Å²) in [6.07, 6.45) is 0. The maximum absolute atomic E-state index is 5.89. The average Bonchev–Trinajstić information content (AvgIpc) is 1.96. The van der Waals surface area contributed by atoms with Gasteiger partial charge in [0.05, 0.1) is 0 Å². The van der Waals surface area contributed by atoms with Crippen molar-refractivity contribution >= 4 is 17.3 Å². The van der Waals surface area contributed by atoms with Crippen molar-refractivity contribution in [3.05, 3.63) is 28.3 Å². The van der Waals surface area contributed by atoms with Gasteiger partial charge in [-0.25, -0.2) is 0 Å². The molecule has 0 bridgehead atoms. The monoisotopic (exact) mass is 183 g/mol. The van der Waals surface area contributed by atoms with E-state index < -0.39 is 0 Å². The zero-order valence-electron chi connectivity index (χ0n) is 7.74. The van der Waals surface area contributed by atoms with Gasteiger partial charge in [-0.05, 0) is 44.0 Å². The van der Waals surface area contributed by atoms with E-state index in [4.69, 9.17) is 11.6 Å². The summed E-state index contributed by atoms with van der Waals surface area (Å²) < 4.78 is 0. The number of hydrogen-bond donors (Lipinski definition) is 1. The van der Waals surface area contributed by atoms with Crippen molar-refractivity contribution in [1.29, 1.82) is 0 Å². The molecule has 0 fully saturated rings. The molecule has 0 amide bonds. The lowest BCUT2D eigenvalue weighted by Gasteiger charge is -2.11. The van der Waals surface area contributed by atoms with Crippen molar-refractivity contribution in [3.63, 3.8) is 0 Å². The van der Waals surface area contributed by atoms with Crippen LogP contribution in [-0.4, -0.2) is 6.54 Å². The third kappa shape index (κ3) is 1.92. The lowest BCUT2D eigenvalue weighted by atomic mass is 10.1. The Morgan fingerprint density at radius 2 is 1.75 bits per heavy atom. The Hall–Kier alpha value is -0.690. The molecule has 0 atom stereocenters. The number of halogens is 1. The molecule has 1 rings (SSSR count). The summed E-state index contributed by atoms with van der Waals surface area (Å²) in [7, 11) is 0. The number of benzene rings is 1. The largest absolute Gasteiger partial charge is 0.385 e. The van der Waals surface area contributed by atoms with Crippen LogP contribution in [0.1, 0.15) is 18.1 Å². The third-order valence-electron chi connectivity index (χ3n) is 1.85. The lowest BCUT2D eigenvalue weighted by Crippen LogP contribution is -2.00. The summed E-state index contributed by atoms with van der Waals surface area (Å²) in [6.45, 7) is 7.17. The number of aryl methyl sites for hydroxylation is 2. The van der Waals surface area contributed by atoms with E-state index in [1.165, 1.54) is 16.8 Å². The second kappa shape index (κ2) is 3.81. The smallest absolute Gasteiger partial charge is 0.0412 e. The first kappa shape index (κ1) is 9.40. The van der Waals surface area contributed by atoms with Crippen LogP contribution in [-0.2, 0) is 0 Å². The Kier molecular flexibility index (Phi) is 2.99. The van der Waals surface area contributed by atoms with Crippen LogP contribution in [0.2, 0.25) is 5.02 Å². The molecule has 0 heterocycles. The normalized spacial score (nSPS) is 10.0. The highest BCUT2D eigenvalue weighted by atomic mass is 35.5. The van der Waals surface area contributed by atoms with E-state index in [0.717, 1.165) is 11.6 Å².